The first-order valence-corrected chi connectivity index (χ1v) is 7.60. The number of halogens is 2. The third-order valence-corrected chi connectivity index (χ3v) is 3.55. The average molecular weight is 373 g/mol. The van der Waals surface area contributed by atoms with Gasteiger partial charge < -0.3 is 15.4 Å². The minimum atomic E-state index is 0.107. The SMILES string of the molecule is CCN(CC)c1nc(N)nc(Oc2ccc(Br)cc2Cl)n1. The summed E-state index contributed by atoms with van der Waals surface area (Å²) in [4.78, 5) is 14.3. The number of aromatic nitrogens is 3. The standard InChI is InChI=1S/C13H15BrClN5O/c1-3-20(4-2)12-17-11(16)18-13(19-12)21-10-6-5-8(14)7-9(10)15/h5-7H,3-4H2,1-2H3,(H2,16,17,18,19). The van der Waals surface area contributed by atoms with E-state index in [0.29, 0.717) is 16.7 Å². The van der Waals surface area contributed by atoms with Crippen LogP contribution in [0.2, 0.25) is 5.02 Å². The quantitative estimate of drug-likeness (QED) is 0.865. The number of nitrogen functional groups attached to an aromatic ring is 1. The van der Waals surface area contributed by atoms with Crippen LogP contribution in [0.3, 0.4) is 0 Å². The Morgan fingerprint density at radius 3 is 2.57 bits per heavy atom. The van der Waals surface area contributed by atoms with Crippen molar-refractivity contribution in [3.63, 3.8) is 0 Å². The molecule has 0 atom stereocenters. The van der Waals surface area contributed by atoms with Gasteiger partial charge >= 0.3 is 6.01 Å². The Balaban J connectivity index is 2.31. The van der Waals surface area contributed by atoms with Crippen molar-refractivity contribution in [1.29, 1.82) is 0 Å². The van der Waals surface area contributed by atoms with E-state index in [0.717, 1.165) is 17.6 Å². The third-order valence-electron chi connectivity index (χ3n) is 2.76. The Morgan fingerprint density at radius 1 is 1.24 bits per heavy atom. The maximum atomic E-state index is 6.11. The first-order chi connectivity index (χ1) is 10.0. The van der Waals surface area contributed by atoms with Crippen molar-refractivity contribution in [3.05, 3.63) is 27.7 Å². The molecule has 0 radical (unpaired) electrons. The van der Waals surface area contributed by atoms with Crippen LogP contribution in [0, 0.1) is 0 Å². The van der Waals surface area contributed by atoms with E-state index in [9.17, 15) is 0 Å². The highest BCUT2D eigenvalue weighted by molar-refractivity contribution is 9.10. The van der Waals surface area contributed by atoms with Crippen LogP contribution in [0.1, 0.15) is 13.8 Å². The highest BCUT2D eigenvalue weighted by Gasteiger charge is 2.12. The maximum absolute atomic E-state index is 6.11. The first-order valence-electron chi connectivity index (χ1n) is 6.42. The van der Waals surface area contributed by atoms with Gasteiger partial charge in [-0.25, -0.2) is 0 Å². The van der Waals surface area contributed by atoms with Crippen molar-refractivity contribution < 1.29 is 4.74 Å². The molecule has 1 aromatic heterocycles. The zero-order chi connectivity index (χ0) is 15.4. The summed E-state index contributed by atoms with van der Waals surface area (Å²) in [5.74, 6) is 1.04. The fraction of sp³-hybridized carbons (Fsp3) is 0.308. The van der Waals surface area contributed by atoms with Crippen LogP contribution in [0.4, 0.5) is 11.9 Å². The van der Waals surface area contributed by atoms with Crippen LogP contribution in [0.5, 0.6) is 11.8 Å². The van der Waals surface area contributed by atoms with Crippen molar-refractivity contribution in [2.24, 2.45) is 0 Å². The molecule has 0 unspecified atom stereocenters. The van der Waals surface area contributed by atoms with E-state index in [1.54, 1.807) is 12.1 Å². The van der Waals surface area contributed by atoms with Crippen LogP contribution in [-0.2, 0) is 0 Å². The zero-order valence-corrected chi connectivity index (χ0v) is 14.0. The van der Waals surface area contributed by atoms with Crippen molar-refractivity contribution in [2.45, 2.75) is 13.8 Å². The monoisotopic (exact) mass is 371 g/mol. The Bertz CT molecular complexity index is 636. The second-order valence-corrected chi connectivity index (χ2v) is 5.45. The molecule has 2 aromatic rings. The molecule has 0 bridgehead atoms. The van der Waals surface area contributed by atoms with Crippen LogP contribution >= 0.6 is 27.5 Å². The number of benzene rings is 1. The normalized spacial score (nSPS) is 10.5. The second kappa shape index (κ2) is 6.91. The smallest absolute Gasteiger partial charge is 0.328 e. The lowest BCUT2D eigenvalue weighted by molar-refractivity contribution is 0.440. The van der Waals surface area contributed by atoms with Gasteiger partial charge in [-0.05, 0) is 32.0 Å². The molecule has 1 aromatic carbocycles. The lowest BCUT2D eigenvalue weighted by Crippen LogP contribution is -2.25. The molecule has 0 aliphatic heterocycles. The molecule has 8 heteroatoms. The van der Waals surface area contributed by atoms with Crippen LogP contribution in [0.15, 0.2) is 22.7 Å². The molecule has 1 heterocycles. The maximum Gasteiger partial charge on any atom is 0.328 e. The fourth-order valence-electron chi connectivity index (χ4n) is 1.71. The number of ether oxygens (including phenoxy) is 1. The first kappa shape index (κ1) is 15.8. The number of rotatable bonds is 5. The van der Waals surface area contributed by atoms with E-state index in [1.165, 1.54) is 0 Å². The summed E-state index contributed by atoms with van der Waals surface area (Å²) in [6.45, 7) is 5.54. The van der Waals surface area contributed by atoms with E-state index < -0.39 is 0 Å². The van der Waals surface area contributed by atoms with Gasteiger partial charge in [0.05, 0.1) is 5.02 Å². The van der Waals surface area contributed by atoms with Crippen molar-refractivity contribution in [1.82, 2.24) is 15.0 Å². The molecule has 0 saturated carbocycles. The number of nitrogens with two attached hydrogens (primary N) is 1. The molecule has 0 amide bonds. The summed E-state index contributed by atoms with van der Waals surface area (Å²) in [7, 11) is 0. The highest BCUT2D eigenvalue weighted by Crippen LogP contribution is 2.30. The van der Waals surface area contributed by atoms with Crippen molar-refractivity contribution >= 4 is 39.4 Å². The molecule has 0 fully saturated rings. The minimum Gasteiger partial charge on any atom is -0.423 e. The average Bonchev–Trinajstić information content (AvgIpc) is 2.43. The predicted octanol–water partition coefficient (Wildman–Crippen LogP) is 3.51. The molecule has 2 N–H and O–H groups in total. The fourth-order valence-corrected chi connectivity index (χ4v) is 2.42. The molecule has 0 aliphatic carbocycles. The Kier molecular flexibility index (Phi) is 5.19. The third kappa shape index (κ3) is 3.95. The summed E-state index contributed by atoms with van der Waals surface area (Å²) < 4.78 is 6.46. The summed E-state index contributed by atoms with van der Waals surface area (Å²) in [6, 6.07) is 5.39. The predicted molar refractivity (Wildman–Crippen MR) is 87.0 cm³/mol. The number of anilines is 2. The van der Waals surface area contributed by atoms with Gasteiger partial charge in [0, 0.05) is 17.6 Å². The van der Waals surface area contributed by atoms with Gasteiger partial charge in [-0.2, -0.15) is 15.0 Å². The lowest BCUT2D eigenvalue weighted by atomic mass is 10.3. The van der Waals surface area contributed by atoms with Gasteiger partial charge in [0.1, 0.15) is 5.75 Å². The molecule has 0 saturated heterocycles. The minimum absolute atomic E-state index is 0.107. The second-order valence-electron chi connectivity index (χ2n) is 4.13. The Morgan fingerprint density at radius 2 is 1.95 bits per heavy atom. The number of hydrogen-bond acceptors (Lipinski definition) is 6. The summed E-state index contributed by atoms with van der Waals surface area (Å²) in [5, 5.41) is 0.452. The van der Waals surface area contributed by atoms with Gasteiger partial charge in [-0.15, -0.1) is 0 Å². The zero-order valence-electron chi connectivity index (χ0n) is 11.7. The van der Waals surface area contributed by atoms with E-state index in [2.05, 4.69) is 30.9 Å². The molecule has 0 aliphatic rings. The number of hydrogen-bond donors (Lipinski definition) is 1. The summed E-state index contributed by atoms with van der Waals surface area (Å²) >= 11 is 9.44. The lowest BCUT2D eigenvalue weighted by Gasteiger charge is -2.18. The summed E-state index contributed by atoms with van der Waals surface area (Å²) in [6.07, 6.45) is 0. The Hall–Kier alpha value is -1.60. The van der Waals surface area contributed by atoms with Crippen LogP contribution in [-0.4, -0.2) is 28.0 Å². The van der Waals surface area contributed by atoms with E-state index in [-0.39, 0.29) is 12.0 Å². The van der Waals surface area contributed by atoms with Crippen LogP contribution < -0.4 is 15.4 Å². The highest BCUT2D eigenvalue weighted by atomic mass is 79.9. The molecule has 0 spiro atoms. The van der Waals surface area contributed by atoms with Gasteiger partial charge in [0.2, 0.25) is 11.9 Å². The Labute approximate surface area is 136 Å². The van der Waals surface area contributed by atoms with Gasteiger partial charge in [0.25, 0.3) is 0 Å². The van der Waals surface area contributed by atoms with Crippen molar-refractivity contribution in [2.75, 3.05) is 23.7 Å². The number of nitrogens with zero attached hydrogens (tertiary/aromatic N) is 4. The van der Waals surface area contributed by atoms with Crippen molar-refractivity contribution in [3.8, 4) is 11.8 Å². The van der Waals surface area contributed by atoms with Crippen LogP contribution in [0.25, 0.3) is 0 Å². The largest absolute Gasteiger partial charge is 0.423 e. The molecular formula is C13H15BrClN5O. The summed E-state index contributed by atoms with van der Waals surface area (Å²) in [5.41, 5.74) is 5.71. The van der Waals surface area contributed by atoms with E-state index in [4.69, 9.17) is 22.1 Å². The molecule has 6 nitrogen and oxygen atoms in total. The van der Waals surface area contributed by atoms with E-state index >= 15 is 0 Å². The topological polar surface area (TPSA) is 77.2 Å². The molecular weight excluding hydrogens is 358 g/mol. The molecule has 112 valence electrons. The van der Waals surface area contributed by atoms with Gasteiger partial charge in [-0.1, -0.05) is 27.5 Å². The van der Waals surface area contributed by atoms with Gasteiger partial charge in [-0.3, -0.25) is 0 Å². The molecule has 2 rings (SSSR count). The molecule has 21 heavy (non-hydrogen) atoms. The van der Waals surface area contributed by atoms with Gasteiger partial charge in [0.15, 0.2) is 0 Å². The van der Waals surface area contributed by atoms with E-state index in [1.807, 2.05) is 24.8 Å².